The topological polar surface area (TPSA) is 71.2 Å². The number of fused-ring (bicyclic) bond motifs is 3. The number of benzene rings is 1. The van der Waals surface area contributed by atoms with Crippen molar-refractivity contribution in [3.05, 3.63) is 66.6 Å². The number of aromatic nitrogens is 3. The summed E-state index contributed by atoms with van der Waals surface area (Å²) in [4.78, 5) is 23.3. The highest BCUT2D eigenvalue weighted by Crippen LogP contribution is 2.52. The summed E-state index contributed by atoms with van der Waals surface area (Å²) >= 11 is 0. The summed E-state index contributed by atoms with van der Waals surface area (Å²) in [6.45, 7) is 4.29. The summed E-state index contributed by atoms with van der Waals surface area (Å²) < 4.78 is 2.28. The summed E-state index contributed by atoms with van der Waals surface area (Å²) in [5.41, 5.74) is 3.57. The van der Waals surface area contributed by atoms with Crippen molar-refractivity contribution in [2.24, 2.45) is 11.8 Å². The summed E-state index contributed by atoms with van der Waals surface area (Å²) in [6.07, 6.45) is 6.82. The zero-order chi connectivity index (χ0) is 21.5. The molecule has 0 spiro atoms. The lowest BCUT2D eigenvalue weighted by molar-refractivity contribution is -0.113. The maximum atomic E-state index is 12.1. The standard InChI is InChI=1S/C25H28N4O2/c1-3-22(31)28(2)19-13-21-24(26-14-19)27-25(29(21)15-16-7-5-4-6-8-16)23-17-9-10-18(23)12-20(30)11-17/h3-8,13-14,17-18,20,23,30H,1,9-12,15H2,2H3. The van der Waals surface area contributed by atoms with E-state index in [4.69, 9.17) is 4.98 Å². The zero-order valence-electron chi connectivity index (χ0n) is 17.8. The van der Waals surface area contributed by atoms with Crippen LogP contribution in [0.2, 0.25) is 0 Å². The van der Waals surface area contributed by atoms with Gasteiger partial charge in [0.25, 0.3) is 0 Å². The van der Waals surface area contributed by atoms with Crippen LogP contribution in [0.5, 0.6) is 0 Å². The molecule has 0 aliphatic heterocycles. The molecule has 2 aliphatic rings. The number of carbonyl (C=O) groups is 1. The van der Waals surface area contributed by atoms with E-state index in [1.54, 1.807) is 18.1 Å². The van der Waals surface area contributed by atoms with Gasteiger partial charge in [0, 0.05) is 19.5 Å². The van der Waals surface area contributed by atoms with E-state index in [9.17, 15) is 9.90 Å². The number of nitrogens with zero attached hydrogens (tertiary/aromatic N) is 4. The monoisotopic (exact) mass is 416 g/mol. The van der Waals surface area contributed by atoms with E-state index in [1.165, 1.54) is 11.6 Å². The van der Waals surface area contributed by atoms with Gasteiger partial charge in [-0.3, -0.25) is 4.79 Å². The molecule has 1 N–H and O–H groups in total. The minimum absolute atomic E-state index is 0.171. The number of aliphatic hydroxyl groups is 1. The summed E-state index contributed by atoms with van der Waals surface area (Å²) in [5, 5.41) is 10.3. The number of rotatable bonds is 5. The quantitative estimate of drug-likeness (QED) is 0.641. The van der Waals surface area contributed by atoms with Crippen molar-refractivity contribution in [3.8, 4) is 0 Å². The molecule has 6 heteroatoms. The number of likely N-dealkylation sites (N-methyl/N-ethyl adjacent to an activating group) is 1. The highest BCUT2D eigenvalue weighted by atomic mass is 16.3. The van der Waals surface area contributed by atoms with Gasteiger partial charge in [-0.1, -0.05) is 36.9 Å². The summed E-state index contributed by atoms with van der Waals surface area (Å²) in [6, 6.07) is 12.4. The Hall–Kier alpha value is -2.99. The van der Waals surface area contributed by atoms with Crippen molar-refractivity contribution < 1.29 is 9.90 Å². The van der Waals surface area contributed by atoms with Crippen LogP contribution in [-0.4, -0.2) is 38.7 Å². The maximum absolute atomic E-state index is 12.1. The second-order valence-corrected chi connectivity index (χ2v) is 8.93. The van der Waals surface area contributed by atoms with E-state index in [-0.39, 0.29) is 12.0 Å². The summed E-state index contributed by atoms with van der Waals surface area (Å²) in [7, 11) is 1.73. The molecule has 1 amide bonds. The summed E-state index contributed by atoms with van der Waals surface area (Å²) in [5.74, 6) is 2.17. The molecule has 3 aromatic rings. The van der Waals surface area contributed by atoms with Crippen molar-refractivity contribution in [1.82, 2.24) is 14.5 Å². The van der Waals surface area contributed by atoms with E-state index in [0.717, 1.165) is 42.7 Å². The van der Waals surface area contributed by atoms with Crippen LogP contribution < -0.4 is 4.90 Å². The molecule has 160 valence electrons. The van der Waals surface area contributed by atoms with Gasteiger partial charge >= 0.3 is 0 Å². The molecule has 6 nitrogen and oxygen atoms in total. The first-order valence-electron chi connectivity index (χ1n) is 11.0. The van der Waals surface area contributed by atoms with E-state index >= 15 is 0 Å². The molecule has 2 bridgehead atoms. The Labute approximate surface area is 182 Å². The minimum atomic E-state index is -0.191. The Morgan fingerprint density at radius 2 is 1.97 bits per heavy atom. The third-order valence-corrected chi connectivity index (χ3v) is 7.07. The molecule has 2 atom stereocenters. The second-order valence-electron chi connectivity index (χ2n) is 8.93. The largest absolute Gasteiger partial charge is 0.393 e. The van der Waals surface area contributed by atoms with Crippen LogP contribution in [0.15, 0.2) is 55.3 Å². The molecule has 1 aromatic carbocycles. The highest BCUT2D eigenvalue weighted by molar-refractivity contribution is 6.01. The smallest absolute Gasteiger partial charge is 0.250 e. The molecular weight excluding hydrogens is 388 g/mol. The molecule has 2 fully saturated rings. The van der Waals surface area contributed by atoms with E-state index in [0.29, 0.717) is 29.9 Å². The number of imidazole rings is 1. The molecule has 0 saturated heterocycles. The number of aliphatic hydroxyl groups excluding tert-OH is 1. The van der Waals surface area contributed by atoms with E-state index in [2.05, 4.69) is 40.4 Å². The number of carbonyl (C=O) groups excluding carboxylic acids is 1. The number of pyridine rings is 1. The van der Waals surface area contributed by atoms with Crippen LogP contribution in [0.1, 0.15) is 43.0 Å². The van der Waals surface area contributed by atoms with Crippen molar-refractivity contribution in [1.29, 1.82) is 0 Å². The molecule has 2 saturated carbocycles. The third-order valence-electron chi connectivity index (χ3n) is 7.07. The van der Waals surface area contributed by atoms with Crippen molar-refractivity contribution in [2.75, 3.05) is 11.9 Å². The molecule has 0 radical (unpaired) electrons. The van der Waals surface area contributed by atoms with Crippen molar-refractivity contribution in [2.45, 2.75) is 44.2 Å². The fourth-order valence-corrected chi connectivity index (χ4v) is 5.56. The number of hydrogen-bond donors (Lipinski definition) is 1. The SMILES string of the molecule is C=CC(=O)N(C)c1cnc2nc(C3C4CCC3CC(O)C4)n(Cc3ccccc3)c2c1. The predicted molar refractivity (Wildman–Crippen MR) is 121 cm³/mol. The first-order chi connectivity index (χ1) is 15.0. The Bertz CT molecular complexity index is 1110. The van der Waals surface area contributed by atoms with Gasteiger partial charge in [-0.25, -0.2) is 9.97 Å². The predicted octanol–water partition coefficient (Wildman–Crippen LogP) is 3.89. The number of hydrogen-bond acceptors (Lipinski definition) is 4. The van der Waals surface area contributed by atoms with Crippen molar-refractivity contribution >= 4 is 22.8 Å². The Morgan fingerprint density at radius 1 is 1.26 bits per heavy atom. The zero-order valence-corrected chi connectivity index (χ0v) is 17.8. The molecule has 31 heavy (non-hydrogen) atoms. The maximum Gasteiger partial charge on any atom is 0.250 e. The number of amides is 1. The average Bonchev–Trinajstić information content (AvgIpc) is 3.26. The van der Waals surface area contributed by atoms with Gasteiger partial charge < -0.3 is 14.6 Å². The van der Waals surface area contributed by atoms with Crippen LogP contribution in [0.4, 0.5) is 5.69 Å². The van der Waals surface area contributed by atoms with E-state index in [1.807, 2.05) is 12.1 Å². The Kier molecular flexibility index (Phi) is 5.10. The first kappa shape index (κ1) is 19.9. The lowest BCUT2D eigenvalue weighted by atomic mass is 9.76. The average molecular weight is 417 g/mol. The van der Waals surface area contributed by atoms with Crippen LogP contribution in [0, 0.1) is 11.8 Å². The van der Waals surface area contributed by atoms with Crippen LogP contribution in [0.25, 0.3) is 11.2 Å². The molecule has 5 rings (SSSR count). The lowest BCUT2D eigenvalue weighted by Gasteiger charge is -2.33. The molecule has 2 aromatic heterocycles. The highest BCUT2D eigenvalue weighted by Gasteiger charge is 2.45. The third kappa shape index (κ3) is 3.55. The van der Waals surface area contributed by atoms with Crippen molar-refractivity contribution in [3.63, 3.8) is 0 Å². The van der Waals surface area contributed by atoms with E-state index < -0.39 is 0 Å². The fourth-order valence-electron chi connectivity index (χ4n) is 5.56. The molecule has 2 heterocycles. The number of anilines is 1. The minimum Gasteiger partial charge on any atom is -0.393 e. The van der Waals surface area contributed by atoms with Gasteiger partial charge in [-0.15, -0.1) is 0 Å². The van der Waals surface area contributed by atoms with Gasteiger partial charge in [-0.2, -0.15) is 0 Å². The van der Waals surface area contributed by atoms with Crippen LogP contribution in [0.3, 0.4) is 0 Å². The molecule has 2 unspecified atom stereocenters. The van der Waals surface area contributed by atoms with Crippen LogP contribution >= 0.6 is 0 Å². The normalized spacial score (nSPS) is 25.0. The Balaban J connectivity index is 1.63. The fraction of sp³-hybridized carbons (Fsp3) is 0.400. The molecule has 2 aliphatic carbocycles. The second kappa shape index (κ2) is 7.93. The Morgan fingerprint density at radius 3 is 2.65 bits per heavy atom. The lowest BCUT2D eigenvalue weighted by Crippen LogP contribution is -2.29. The van der Waals surface area contributed by atoms with Gasteiger partial charge in [0.05, 0.1) is 23.5 Å². The van der Waals surface area contributed by atoms with Gasteiger partial charge in [0.2, 0.25) is 5.91 Å². The van der Waals surface area contributed by atoms with Crippen LogP contribution in [-0.2, 0) is 11.3 Å². The van der Waals surface area contributed by atoms with Gasteiger partial charge in [-0.05, 0) is 55.2 Å². The molecular formula is C25H28N4O2. The first-order valence-corrected chi connectivity index (χ1v) is 11.0. The van der Waals surface area contributed by atoms with Gasteiger partial charge in [0.1, 0.15) is 5.82 Å². The van der Waals surface area contributed by atoms with Gasteiger partial charge in [0.15, 0.2) is 5.65 Å².